The van der Waals surface area contributed by atoms with Crippen molar-refractivity contribution in [2.45, 2.75) is 4.90 Å². The highest BCUT2D eigenvalue weighted by atomic mass is 35.5. The number of halogens is 1. The van der Waals surface area contributed by atoms with Crippen molar-refractivity contribution >= 4 is 27.4 Å². The van der Waals surface area contributed by atoms with Crippen LogP contribution in [0.3, 0.4) is 0 Å². The number of nitrogens with zero attached hydrogens (tertiary/aromatic N) is 1. The first kappa shape index (κ1) is 15.3. The number of hydrogen-bond acceptors (Lipinski definition) is 4. The van der Waals surface area contributed by atoms with Gasteiger partial charge < -0.3 is 5.11 Å². The van der Waals surface area contributed by atoms with Crippen molar-refractivity contribution in [2.75, 3.05) is 11.3 Å². The van der Waals surface area contributed by atoms with E-state index in [0.29, 0.717) is 10.6 Å². The number of aliphatic hydroxyl groups excluding tert-OH is 1. The van der Waals surface area contributed by atoms with Gasteiger partial charge in [-0.05, 0) is 30.3 Å². The van der Waals surface area contributed by atoms with E-state index < -0.39 is 10.0 Å². The molecular weight excluding hydrogens is 312 g/mol. The van der Waals surface area contributed by atoms with E-state index in [2.05, 4.69) is 21.5 Å². The number of aliphatic hydroxyl groups is 1. The van der Waals surface area contributed by atoms with Gasteiger partial charge in [0.05, 0.1) is 9.92 Å². The molecule has 1 aromatic carbocycles. The largest absolute Gasteiger partial charge is 0.384 e. The summed E-state index contributed by atoms with van der Waals surface area (Å²) in [7, 11) is -3.76. The molecule has 1 aromatic heterocycles. The third-order valence-electron chi connectivity index (χ3n) is 2.42. The average molecular weight is 323 g/mol. The summed E-state index contributed by atoms with van der Waals surface area (Å²) in [6, 6.07) is 9.10. The number of aromatic nitrogens is 1. The van der Waals surface area contributed by atoms with Crippen molar-refractivity contribution < 1.29 is 13.5 Å². The van der Waals surface area contributed by atoms with Crippen molar-refractivity contribution in [2.24, 2.45) is 0 Å². The molecule has 2 N–H and O–H groups in total. The molecule has 0 bridgehead atoms. The standard InChI is InChI=1S/C14H11ClN2O3S/c15-12-6-7-14(16-10-12)17-21(19,20)13-5-1-3-11(9-13)4-2-8-18/h1,3,5-7,9-10,18H,8H2,(H,16,17). The van der Waals surface area contributed by atoms with Gasteiger partial charge in [0.15, 0.2) is 0 Å². The fraction of sp³-hybridized carbons (Fsp3) is 0.0714. The van der Waals surface area contributed by atoms with Gasteiger partial charge in [0.1, 0.15) is 12.4 Å². The van der Waals surface area contributed by atoms with Crippen molar-refractivity contribution in [1.29, 1.82) is 0 Å². The molecule has 2 aromatic rings. The summed E-state index contributed by atoms with van der Waals surface area (Å²) in [6.45, 7) is -0.288. The first-order valence-corrected chi connectivity index (χ1v) is 7.71. The lowest BCUT2D eigenvalue weighted by Crippen LogP contribution is -2.13. The summed E-state index contributed by atoms with van der Waals surface area (Å²) in [4.78, 5) is 3.94. The molecule has 5 nitrogen and oxygen atoms in total. The molecule has 0 aliphatic heterocycles. The monoisotopic (exact) mass is 322 g/mol. The number of benzene rings is 1. The van der Waals surface area contributed by atoms with Crippen molar-refractivity contribution in [3.63, 3.8) is 0 Å². The van der Waals surface area contributed by atoms with Gasteiger partial charge in [-0.1, -0.05) is 29.5 Å². The normalized spacial score (nSPS) is 10.6. The first-order chi connectivity index (χ1) is 10.0. The van der Waals surface area contributed by atoms with Crippen LogP contribution in [0.15, 0.2) is 47.5 Å². The maximum Gasteiger partial charge on any atom is 0.263 e. The Labute approximate surface area is 127 Å². The van der Waals surface area contributed by atoms with Crippen LogP contribution in [0.4, 0.5) is 5.82 Å². The zero-order chi connectivity index (χ0) is 15.3. The number of rotatable bonds is 3. The third kappa shape index (κ3) is 4.20. The first-order valence-electron chi connectivity index (χ1n) is 5.85. The molecule has 0 saturated carbocycles. The molecule has 0 aliphatic rings. The zero-order valence-corrected chi connectivity index (χ0v) is 12.3. The highest BCUT2D eigenvalue weighted by Crippen LogP contribution is 2.16. The number of hydrogen-bond donors (Lipinski definition) is 2. The minimum atomic E-state index is -3.76. The fourth-order valence-corrected chi connectivity index (χ4v) is 2.68. The second kappa shape index (κ2) is 6.59. The number of pyridine rings is 1. The lowest BCUT2D eigenvalue weighted by atomic mass is 10.2. The van der Waals surface area contributed by atoms with Crippen LogP contribution in [0.5, 0.6) is 0 Å². The second-order valence-corrected chi connectivity index (χ2v) is 6.07. The Kier molecular flexibility index (Phi) is 4.81. The number of anilines is 1. The minimum absolute atomic E-state index is 0.0592. The molecule has 108 valence electrons. The van der Waals surface area contributed by atoms with E-state index >= 15 is 0 Å². The highest BCUT2D eigenvalue weighted by Gasteiger charge is 2.14. The van der Waals surface area contributed by atoms with E-state index in [1.807, 2.05) is 0 Å². The van der Waals surface area contributed by atoms with Gasteiger partial charge in [-0.3, -0.25) is 4.72 Å². The van der Waals surface area contributed by atoms with Gasteiger partial charge in [-0.15, -0.1) is 0 Å². The Hall–Kier alpha value is -2.07. The maximum atomic E-state index is 12.2. The van der Waals surface area contributed by atoms with Crippen LogP contribution in [0.25, 0.3) is 0 Å². The Bertz CT molecular complexity index is 793. The van der Waals surface area contributed by atoms with Crippen molar-refractivity contribution in [3.8, 4) is 11.8 Å². The van der Waals surface area contributed by atoms with Crippen LogP contribution in [0.1, 0.15) is 5.56 Å². The van der Waals surface area contributed by atoms with Gasteiger partial charge in [-0.2, -0.15) is 0 Å². The molecule has 0 amide bonds. The number of nitrogens with one attached hydrogen (secondary N) is 1. The molecule has 1 heterocycles. The topological polar surface area (TPSA) is 79.3 Å². The van der Waals surface area contributed by atoms with E-state index in [1.54, 1.807) is 12.1 Å². The Morgan fingerprint density at radius 1 is 1.29 bits per heavy atom. The molecule has 0 radical (unpaired) electrons. The van der Waals surface area contributed by atoms with Crippen molar-refractivity contribution in [3.05, 3.63) is 53.2 Å². The second-order valence-electron chi connectivity index (χ2n) is 3.95. The Balaban J connectivity index is 2.29. The fourth-order valence-electron chi connectivity index (χ4n) is 1.52. The van der Waals surface area contributed by atoms with Gasteiger partial charge >= 0.3 is 0 Å². The lowest BCUT2D eigenvalue weighted by molar-refractivity contribution is 0.350. The molecule has 0 spiro atoms. The van der Waals surface area contributed by atoms with E-state index in [-0.39, 0.29) is 17.3 Å². The van der Waals surface area contributed by atoms with Gasteiger partial charge in [0.25, 0.3) is 10.0 Å². The average Bonchev–Trinajstić information content (AvgIpc) is 2.48. The van der Waals surface area contributed by atoms with E-state index in [9.17, 15) is 8.42 Å². The highest BCUT2D eigenvalue weighted by molar-refractivity contribution is 7.92. The molecule has 0 aliphatic carbocycles. The van der Waals surface area contributed by atoms with Crippen LogP contribution < -0.4 is 4.72 Å². The van der Waals surface area contributed by atoms with E-state index in [0.717, 1.165) is 0 Å². The predicted octanol–water partition coefficient (Wildman–Crippen LogP) is 1.88. The van der Waals surface area contributed by atoms with Crippen LogP contribution in [0.2, 0.25) is 5.02 Å². The van der Waals surface area contributed by atoms with Gasteiger partial charge in [0.2, 0.25) is 0 Å². The van der Waals surface area contributed by atoms with Gasteiger partial charge in [-0.25, -0.2) is 13.4 Å². The summed E-state index contributed by atoms with van der Waals surface area (Å²) in [5, 5.41) is 9.07. The summed E-state index contributed by atoms with van der Waals surface area (Å²) < 4.78 is 26.8. The van der Waals surface area contributed by atoms with Crippen LogP contribution in [-0.2, 0) is 10.0 Å². The molecular formula is C14H11ClN2O3S. The molecule has 0 fully saturated rings. The summed E-state index contributed by atoms with van der Waals surface area (Å²) in [6.07, 6.45) is 1.35. The molecule has 7 heteroatoms. The minimum Gasteiger partial charge on any atom is -0.384 e. The van der Waals surface area contributed by atoms with Crippen LogP contribution in [-0.4, -0.2) is 25.1 Å². The van der Waals surface area contributed by atoms with Gasteiger partial charge in [0, 0.05) is 11.8 Å². The summed E-state index contributed by atoms with van der Waals surface area (Å²) >= 11 is 5.69. The molecule has 0 atom stereocenters. The summed E-state index contributed by atoms with van der Waals surface area (Å²) in [5.41, 5.74) is 0.496. The zero-order valence-electron chi connectivity index (χ0n) is 10.7. The molecule has 0 unspecified atom stereocenters. The quantitative estimate of drug-likeness (QED) is 0.846. The number of sulfonamides is 1. The predicted molar refractivity (Wildman–Crippen MR) is 80.5 cm³/mol. The summed E-state index contributed by atoms with van der Waals surface area (Å²) in [5.74, 6) is 5.29. The Morgan fingerprint density at radius 3 is 2.76 bits per heavy atom. The smallest absolute Gasteiger partial charge is 0.263 e. The third-order valence-corrected chi connectivity index (χ3v) is 4.00. The Morgan fingerprint density at radius 2 is 2.10 bits per heavy atom. The van der Waals surface area contributed by atoms with E-state index in [1.165, 1.54) is 30.5 Å². The maximum absolute atomic E-state index is 12.2. The van der Waals surface area contributed by atoms with E-state index in [4.69, 9.17) is 16.7 Å². The molecule has 21 heavy (non-hydrogen) atoms. The van der Waals surface area contributed by atoms with Crippen LogP contribution in [0, 0.1) is 11.8 Å². The SMILES string of the molecule is O=S(=O)(Nc1ccc(Cl)cn1)c1cccc(C#CCO)c1. The molecule has 0 saturated heterocycles. The molecule has 2 rings (SSSR count). The van der Waals surface area contributed by atoms with Crippen LogP contribution >= 0.6 is 11.6 Å². The lowest BCUT2D eigenvalue weighted by Gasteiger charge is -2.07. The van der Waals surface area contributed by atoms with Crippen molar-refractivity contribution in [1.82, 2.24) is 4.98 Å².